The van der Waals surface area contributed by atoms with Gasteiger partial charge in [-0.2, -0.15) is 4.31 Å². The molecule has 0 saturated carbocycles. The van der Waals surface area contributed by atoms with Crippen LogP contribution in [0.1, 0.15) is 5.56 Å². The third kappa shape index (κ3) is 4.51. The lowest BCUT2D eigenvalue weighted by atomic mass is 10.1. The first-order valence-corrected chi connectivity index (χ1v) is 9.53. The van der Waals surface area contributed by atoms with Crippen LogP contribution in [0.3, 0.4) is 0 Å². The maximum Gasteiger partial charge on any atom is 0.246 e. The molecular formula is C18H23FN2O4S. The normalized spacial score (nSPS) is 11.6. The Morgan fingerprint density at radius 1 is 1.04 bits per heavy atom. The van der Waals surface area contributed by atoms with Gasteiger partial charge in [-0.15, -0.1) is 0 Å². The molecule has 0 amide bonds. The molecule has 0 aliphatic rings. The van der Waals surface area contributed by atoms with Crippen LogP contribution in [0.2, 0.25) is 0 Å². The van der Waals surface area contributed by atoms with E-state index in [4.69, 9.17) is 15.2 Å². The zero-order valence-electron chi connectivity index (χ0n) is 14.8. The lowest BCUT2D eigenvalue weighted by molar-refractivity contribution is 0.349. The van der Waals surface area contributed by atoms with Gasteiger partial charge in [-0.3, -0.25) is 0 Å². The third-order valence-corrected chi connectivity index (χ3v) is 5.84. The van der Waals surface area contributed by atoms with Gasteiger partial charge in [0.2, 0.25) is 10.0 Å². The highest BCUT2D eigenvalue weighted by atomic mass is 32.2. The molecule has 0 aliphatic heterocycles. The zero-order valence-corrected chi connectivity index (χ0v) is 15.6. The van der Waals surface area contributed by atoms with Crippen LogP contribution < -0.4 is 15.2 Å². The summed E-state index contributed by atoms with van der Waals surface area (Å²) < 4.78 is 51.7. The molecular weight excluding hydrogens is 359 g/mol. The average Bonchev–Trinajstić information content (AvgIpc) is 2.65. The van der Waals surface area contributed by atoms with E-state index in [1.54, 1.807) is 0 Å². The first-order chi connectivity index (χ1) is 12.4. The second kappa shape index (κ2) is 8.98. The summed E-state index contributed by atoms with van der Waals surface area (Å²) >= 11 is 0. The summed E-state index contributed by atoms with van der Waals surface area (Å²) in [7, 11) is -1.37. The van der Waals surface area contributed by atoms with Crippen molar-refractivity contribution in [1.82, 2.24) is 4.31 Å². The molecule has 2 rings (SSSR count). The Morgan fingerprint density at radius 3 is 2.23 bits per heavy atom. The topological polar surface area (TPSA) is 81.9 Å². The molecule has 8 heteroatoms. The summed E-state index contributed by atoms with van der Waals surface area (Å²) in [5, 5.41) is 0. The molecule has 0 fully saturated rings. The van der Waals surface area contributed by atoms with Gasteiger partial charge >= 0.3 is 0 Å². The van der Waals surface area contributed by atoms with Crippen molar-refractivity contribution in [2.45, 2.75) is 11.3 Å². The van der Waals surface area contributed by atoms with Crippen molar-refractivity contribution < 1.29 is 22.3 Å². The molecule has 0 heterocycles. The molecule has 0 aromatic heterocycles. The molecule has 26 heavy (non-hydrogen) atoms. The van der Waals surface area contributed by atoms with Crippen LogP contribution >= 0.6 is 0 Å². The van der Waals surface area contributed by atoms with E-state index in [-0.39, 0.29) is 31.1 Å². The fraction of sp³-hybridized carbons (Fsp3) is 0.333. The van der Waals surface area contributed by atoms with Crippen molar-refractivity contribution in [2.24, 2.45) is 5.73 Å². The number of benzene rings is 2. The number of nitrogens with two attached hydrogens (primary N) is 1. The molecule has 2 N–H and O–H groups in total. The molecule has 142 valence electrons. The predicted molar refractivity (Wildman–Crippen MR) is 97.5 cm³/mol. The Bertz CT molecular complexity index is 829. The third-order valence-electron chi connectivity index (χ3n) is 3.93. The maximum atomic E-state index is 14.4. The van der Waals surface area contributed by atoms with Crippen molar-refractivity contribution in [3.63, 3.8) is 0 Å². The summed E-state index contributed by atoms with van der Waals surface area (Å²) in [5.74, 6) is -0.633. The van der Waals surface area contributed by atoms with Crippen LogP contribution in [0.4, 0.5) is 4.39 Å². The highest BCUT2D eigenvalue weighted by Gasteiger charge is 2.28. The predicted octanol–water partition coefficient (Wildman–Crippen LogP) is 2.03. The summed E-state index contributed by atoms with van der Waals surface area (Å²) in [6.07, 6.45) is 0.495. The van der Waals surface area contributed by atoms with E-state index in [0.717, 1.165) is 17.7 Å². The molecule has 6 nitrogen and oxygen atoms in total. The van der Waals surface area contributed by atoms with Crippen molar-refractivity contribution >= 4 is 10.0 Å². The average molecular weight is 382 g/mol. The van der Waals surface area contributed by atoms with E-state index in [0.29, 0.717) is 6.42 Å². The fourth-order valence-electron chi connectivity index (χ4n) is 2.57. The minimum atomic E-state index is -4.08. The van der Waals surface area contributed by atoms with E-state index in [1.807, 2.05) is 30.3 Å². The molecule has 0 saturated heterocycles. The van der Waals surface area contributed by atoms with E-state index in [2.05, 4.69) is 0 Å². The maximum absolute atomic E-state index is 14.4. The van der Waals surface area contributed by atoms with Gasteiger partial charge in [0.15, 0.2) is 11.5 Å². The zero-order chi connectivity index (χ0) is 19.2. The summed E-state index contributed by atoms with van der Waals surface area (Å²) in [6, 6.07) is 11.6. The highest BCUT2D eigenvalue weighted by molar-refractivity contribution is 7.89. The summed E-state index contributed by atoms with van der Waals surface area (Å²) in [4.78, 5) is -0.461. The minimum Gasteiger partial charge on any atom is -0.493 e. The highest BCUT2D eigenvalue weighted by Crippen LogP contribution is 2.33. The Hall–Kier alpha value is -2.16. The first-order valence-electron chi connectivity index (χ1n) is 8.09. The number of halogens is 1. The number of methoxy groups -OCH3 is 2. The van der Waals surface area contributed by atoms with Crippen molar-refractivity contribution in [2.75, 3.05) is 33.9 Å². The fourth-order valence-corrected chi connectivity index (χ4v) is 4.08. The van der Waals surface area contributed by atoms with Crippen molar-refractivity contribution in [1.29, 1.82) is 0 Å². The summed E-state index contributed by atoms with van der Waals surface area (Å²) in [5.41, 5.74) is 6.55. The molecule has 2 aromatic carbocycles. The van der Waals surface area contributed by atoms with E-state index in [9.17, 15) is 12.8 Å². The van der Waals surface area contributed by atoms with E-state index in [1.165, 1.54) is 18.5 Å². The molecule has 2 aromatic rings. The van der Waals surface area contributed by atoms with Gasteiger partial charge in [0.1, 0.15) is 10.7 Å². The Labute approximate surface area is 153 Å². The van der Waals surface area contributed by atoms with Gasteiger partial charge in [0.25, 0.3) is 0 Å². The monoisotopic (exact) mass is 382 g/mol. The van der Waals surface area contributed by atoms with Gasteiger partial charge in [-0.1, -0.05) is 30.3 Å². The van der Waals surface area contributed by atoms with Crippen LogP contribution in [0.5, 0.6) is 11.5 Å². The molecule has 0 unspecified atom stereocenters. The summed E-state index contributed by atoms with van der Waals surface area (Å²) in [6.45, 7) is 0.406. The molecule has 0 bridgehead atoms. The van der Waals surface area contributed by atoms with Crippen LogP contribution in [-0.2, 0) is 16.4 Å². The van der Waals surface area contributed by atoms with Gasteiger partial charge < -0.3 is 15.2 Å². The number of sulfonamides is 1. The molecule has 0 radical (unpaired) electrons. The number of rotatable bonds is 9. The minimum absolute atomic E-state index is 0.0863. The van der Waals surface area contributed by atoms with Gasteiger partial charge in [-0.25, -0.2) is 12.8 Å². The quantitative estimate of drug-likeness (QED) is 0.718. The Kier molecular flexibility index (Phi) is 6.96. The number of hydrogen-bond acceptors (Lipinski definition) is 5. The smallest absolute Gasteiger partial charge is 0.246 e. The lowest BCUT2D eigenvalue weighted by Gasteiger charge is -2.22. The lowest BCUT2D eigenvalue weighted by Crippen LogP contribution is -2.37. The second-order valence-corrected chi connectivity index (χ2v) is 7.47. The van der Waals surface area contributed by atoms with Crippen LogP contribution in [0, 0.1) is 5.82 Å². The molecule has 0 aliphatic carbocycles. The van der Waals surface area contributed by atoms with Crippen molar-refractivity contribution in [3.05, 3.63) is 53.8 Å². The SMILES string of the molecule is COc1cc(F)c(S(=O)(=O)N(CCN)CCc2ccccc2)cc1OC. The molecule has 0 spiro atoms. The largest absolute Gasteiger partial charge is 0.493 e. The van der Waals surface area contributed by atoms with Crippen molar-refractivity contribution in [3.8, 4) is 11.5 Å². The standard InChI is InChI=1S/C18H23FN2O4S/c1-24-16-12-15(19)18(13-17(16)25-2)26(22,23)21(11-9-20)10-8-14-6-4-3-5-7-14/h3-7,12-13H,8-11,20H2,1-2H3. The van der Waals surface area contributed by atoms with Crippen LogP contribution in [0.15, 0.2) is 47.4 Å². The van der Waals surface area contributed by atoms with Gasteiger partial charge in [0.05, 0.1) is 14.2 Å². The first kappa shape index (κ1) is 20.2. The van der Waals surface area contributed by atoms with Crippen LogP contribution in [-0.4, -0.2) is 46.6 Å². The van der Waals surface area contributed by atoms with E-state index >= 15 is 0 Å². The van der Waals surface area contributed by atoms with E-state index < -0.39 is 20.7 Å². The number of ether oxygens (including phenoxy) is 2. The second-order valence-electron chi connectivity index (χ2n) is 5.57. The van der Waals surface area contributed by atoms with Gasteiger partial charge in [-0.05, 0) is 12.0 Å². The van der Waals surface area contributed by atoms with Crippen LogP contribution in [0.25, 0.3) is 0 Å². The number of nitrogens with zero attached hydrogens (tertiary/aromatic N) is 1. The molecule has 0 atom stereocenters. The number of hydrogen-bond donors (Lipinski definition) is 1. The van der Waals surface area contributed by atoms with Gasteiger partial charge in [0, 0.05) is 31.8 Å². The Morgan fingerprint density at radius 2 is 1.65 bits per heavy atom. The Balaban J connectivity index is 2.34.